The summed E-state index contributed by atoms with van der Waals surface area (Å²) in [5.74, 6) is 0.344. The molecule has 3 rings (SSSR count). The lowest BCUT2D eigenvalue weighted by Gasteiger charge is -2.11. The Hall–Kier alpha value is -2.27. The molecule has 106 valence electrons. The number of imide groups is 1. The Morgan fingerprint density at radius 2 is 2.00 bits per heavy atom. The maximum atomic E-state index is 11.7. The molecule has 0 radical (unpaired) electrons. The second kappa shape index (κ2) is 5.61. The van der Waals surface area contributed by atoms with Crippen LogP contribution in [0.15, 0.2) is 41.3 Å². The van der Waals surface area contributed by atoms with Crippen LogP contribution in [0, 0.1) is 0 Å². The first-order valence-corrected chi connectivity index (χ1v) is 7.40. The fourth-order valence-electron chi connectivity index (χ4n) is 2.26. The van der Waals surface area contributed by atoms with Gasteiger partial charge in [0, 0.05) is 5.56 Å². The molecule has 0 spiro atoms. The lowest BCUT2D eigenvalue weighted by molar-refractivity contribution is -0.115. The first-order valence-electron chi connectivity index (χ1n) is 6.58. The van der Waals surface area contributed by atoms with Gasteiger partial charge in [0.15, 0.2) is 0 Å². The number of benzene rings is 2. The zero-order valence-corrected chi connectivity index (χ0v) is 12.2. The number of hydrogen-bond donors (Lipinski definition) is 1. The van der Waals surface area contributed by atoms with Crippen molar-refractivity contribution in [2.45, 2.75) is 6.92 Å². The van der Waals surface area contributed by atoms with Gasteiger partial charge in [-0.05, 0) is 41.6 Å². The van der Waals surface area contributed by atoms with E-state index in [0.717, 1.165) is 28.1 Å². The summed E-state index contributed by atoms with van der Waals surface area (Å²) in [5.41, 5.74) is 0.822. The first-order chi connectivity index (χ1) is 10.2. The summed E-state index contributed by atoms with van der Waals surface area (Å²) in [6.07, 6.45) is 1.72. The molecule has 0 aliphatic carbocycles. The SMILES string of the molecule is CCOc1ccc2ccccc2c1/C=C1\SC(=O)NC1=O. The minimum Gasteiger partial charge on any atom is -0.493 e. The number of thioether (sulfide) groups is 1. The number of ether oxygens (including phenoxy) is 1. The Labute approximate surface area is 126 Å². The third-order valence-electron chi connectivity index (χ3n) is 3.15. The van der Waals surface area contributed by atoms with Crippen molar-refractivity contribution in [3.63, 3.8) is 0 Å². The molecule has 1 heterocycles. The number of carbonyl (C=O) groups excluding carboxylic acids is 2. The predicted octanol–water partition coefficient (Wildman–Crippen LogP) is 3.56. The standard InChI is InChI=1S/C16H13NO3S/c1-2-20-13-8-7-10-5-3-4-6-11(10)12(13)9-14-15(18)17-16(19)21-14/h3-9H,2H2,1H3,(H,17,18,19)/b14-9-. The maximum Gasteiger partial charge on any atom is 0.290 e. The highest BCUT2D eigenvalue weighted by molar-refractivity contribution is 8.18. The smallest absolute Gasteiger partial charge is 0.290 e. The summed E-state index contributed by atoms with van der Waals surface area (Å²) < 4.78 is 5.65. The van der Waals surface area contributed by atoms with E-state index in [9.17, 15) is 9.59 Å². The minimum atomic E-state index is -0.361. The average Bonchev–Trinajstić information content (AvgIpc) is 2.79. The topological polar surface area (TPSA) is 55.4 Å². The quantitative estimate of drug-likeness (QED) is 0.880. The zero-order valence-electron chi connectivity index (χ0n) is 11.4. The van der Waals surface area contributed by atoms with Gasteiger partial charge in [-0.2, -0.15) is 0 Å². The van der Waals surface area contributed by atoms with Crippen molar-refractivity contribution in [2.24, 2.45) is 0 Å². The molecule has 21 heavy (non-hydrogen) atoms. The molecule has 0 bridgehead atoms. The Kier molecular flexibility index (Phi) is 3.66. The fourth-order valence-corrected chi connectivity index (χ4v) is 2.92. The second-order valence-electron chi connectivity index (χ2n) is 4.48. The van der Waals surface area contributed by atoms with Crippen LogP contribution in [-0.4, -0.2) is 17.8 Å². The number of nitrogens with one attached hydrogen (secondary N) is 1. The molecule has 2 aromatic rings. The van der Waals surface area contributed by atoms with Gasteiger partial charge in [0.25, 0.3) is 11.1 Å². The first kappa shape index (κ1) is 13.7. The van der Waals surface area contributed by atoms with Gasteiger partial charge in [-0.1, -0.05) is 30.3 Å². The van der Waals surface area contributed by atoms with Crippen LogP contribution in [0.4, 0.5) is 4.79 Å². The van der Waals surface area contributed by atoms with Crippen molar-refractivity contribution in [1.29, 1.82) is 0 Å². The van der Waals surface area contributed by atoms with Crippen LogP contribution in [-0.2, 0) is 4.79 Å². The van der Waals surface area contributed by atoms with Crippen molar-refractivity contribution in [3.8, 4) is 5.75 Å². The number of amides is 2. The van der Waals surface area contributed by atoms with E-state index in [0.29, 0.717) is 17.3 Å². The van der Waals surface area contributed by atoms with Crippen LogP contribution < -0.4 is 10.1 Å². The van der Waals surface area contributed by atoms with E-state index in [2.05, 4.69) is 5.32 Å². The van der Waals surface area contributed by atoms with Gasteiger partial charge in [-0.15, -0.1) is 0 Å². The summed E-state index contributed by atoms with van der Waals surface area (Å²) in [4.78, 5) is 23.4. The van der Waals surface area contributed by atoms with Gasteiger partial charge >= 0.3 is 0 Å². The summed E-state index contributed by atoms with van der Waals surface area (Å²) in [6.45, 7) is 2.44. The molecule has 5 heteroatoms. The van der Waals surface area contributed by atoms with Crippen LogP contribution in [0.3, 0.4) is 0 Å². The lowest BCUT2D eigenvalue weighted by Crippen LogP contribution is -2.17. The Morgan fingerprint density at radius 3 is 2.71 bits per heavy atom. The van der Waals surface area contributed by atoms with Crippen molar-refractivity contribution in [1.82, 2.24) is 5.32 Å². The third-order valence-corrected chi connectivity index (χ3v) is 3.96. The summed E-state index contributed by atoms with van der Waals surface area (Å²) in [7, 11) is 0. The van der Waals surface area contributed by atoms with Crippen LogP contribution in [0.5, 0.6) is 5.75 Å². The van der Waals surface area contributed by atoms with E-state index in [4.69, 9.17) is 4.74 Å². The summed E-state index contributed by atoms with van der Waals surface area (Å²) in [5, 5.41) is 3.97. The summed E-state index contributed by atoms with van der Waals surface area (Å²) >= 11 is 0.910. The van der Waals surface area contributed by atoms with Crippen LogP contribution in [0.1, 0.15) is 12.5 Å². The molecule has 4 nitrogen and oxygen atoms in total. The van der Waals surface area contributed by atoms with Crippen molar-refractivity contribution in [3.05, 3.63) is 46.9 Å². The van der Waals surface area contributed by atoms with Crippen molar-refractivity contribution >= 4 is 39.8 Å². The van der Waals surface area contributed by atoms with E-state index in [-0.39, 0.29) is 11.1 Å². The normalized spacial score (nSPS) is 16.5. The van der Waals surface area contributed by atoms with Crippen LogP contribution in [0.25, 0.3) is 16.8 Å². The second-order valence-corrected chi connectivity index (χ2v) is 5.50. The molecule has 1 aliphatic rings. The fraction of sp³-hybridized carbons (Fsp3) is 0.125. The van der Waals surface area contributed by atoms with Gasteiger partial charge in [0.2, 0.25) is 0 Å². The van der Waals surface area contributed by atoms with Crippen LogP contribution in [0.2, 0.25) is 0 Å². The van der Waals surface area contributed by atoms with E-state index < -0.39 is 0 Å². The monoisotopic (exact) mass is 299 g/mol. The molecule has 0 aromatic heterocycles. The highest BCUT2D eigenvalue weighted by Gasteiger charge is 2.25. The number of hydrogen-bond acceptors (Lipinski definition) is 4. The lowest BCUT2D eigenvalue weighted by atomic mass is 10.0. The number of fused-ring (bicyclic) bond motifs is 1. The van der Waals surface area contributed by atoms with Crippen molar-refractivity contribution < 1.29 is 14.3 Å². The summed E-state index contributed by atoms with van der Waals surface area (Å²) in [6, 6.07) is 11.7. The van der Waals surface area contributed by atoms with Gasteiger partial charge < -0.3 is 4.74 Å². The predicted molar refractivity (Wildman–Crippen MR) is 84.2 cm³/mol. The van der Waals surface area contributed by atoms with Gasteiger partial charge in [-0.3, -0.25) is 14.9 Å². The maximum absolute atomic E-state index is 11.7. The molecule has 0 atom stereocenters. The highest BCUT2D eigenvalue weighted by atomic mass is 32.2. The molecular weight excluding hydrogens is 286 g/mol. The van der Waals surface area contributed by atoms with Gasteiger partial charge in [-0.25, -0.2) is 0 Å². The molecule has 1 fully saturated rings. The van der Waals surface area contributed by atoms with E-state index in [1.165, 1.54) is 0 Å². The molecule has 1 aliphatic heterocycles. The number of rotatable bonds is 3. The van der Waals surface area contributed by atoms with Crippen molar-refractivity contribution in [2.75, 3.05) is 6.61 Å². The third kappa shape index (κ3) is 2.64. The van der Waals surface area contributed by atoms with Gasteiger partial charge in [0.05, 0.1) is 11.5 Å². The molecule has 0 unspecified atom stereocenters. The Morgan fingerprint density at radius 1 is 1.19 bits per heavy atom. The van der Waals surface area contributed by atoms with E-state index in [1.54, 1.807) is 6.08 Å². The number of carbonyl (C=O) groups is 2. The molecular formula is C16H13NO3S. The molecule has 2 amide bonds. The van der Waals surface area contributed by atoms with E-state index in [1.807, 2.05) is 43.3 Å². The molecule has 1 N–H and O–H groups in total. The van der Waals surface area contributed by atoms with Crippen LogP contribution >= 0.6 is 11.8 Å². The van der Waals surface area contributed by atoms with E-state index >= 15 is 0 Å². The molecule has 1 saturated heterocycles. The highest BCUT2D eigenvalue weighted by Crippen LogP contribution is 2.33. The Balaban J connectivity index is 2.19. The molecule has 0 saturated carbocycles. The van der Waals surface area contributed by atoms with Gasteiger partial charge in [0.1, 0.15) is 5.75 Å². The largest absolute Gasteiger partial charge is 0.493 e. The zero-order chi connectivity index (χ0) is 14.8. The average molecular weight is 299 g/mol. The minimum absolute atomic E-state index is 0.343. The Bertz CT molecular complexity index is 767. The molecule has 2 aromatic carbocycles.